The third kappa shape index (κ3) is 8.15. The fourth-order valence-corrected chi connectivity index (χ4v) is 3.89. The van der Waals surface area contributed by atoms with Gasteiger partial charge >= 0.3 is 29.6 Å². The van der Waals surface area contributed by atoms with Crippen LogP contribution in [0.5, 0.6) is 0 Å². The molecule has 0 fully saturated rings. The van der Waals surface area contributed by atoms with E-state index in [9.17, 15) is 14.7 Å². The molecular formula is C27H25Cl2N4NaO3. The second kappa shape index (κ2) is 14.3. The van der Waals surface area contributed by atoms with E-state index in [0.29, 0.717) is 5.95 Å². The number of amides is 1. The molecule has 0 aliphatic heterocycles. The third-order valence-corrected chi connectivity index (χ3v) is 6.05. The normalized spacial score (nSPS) is 11.4. The van der Waals surface area contributed by atoms with E-state index >= 15 is 0 Å². The van der Waals surface area contributed by atoms with Gasteiger partial charge in [0.25, 0.3) is 5.91 Å². The van der Waals surface area contributed by atoms with Crippen molar-refractivity contribution in [3.05, 3.63) is 99.4 Å². The number of carbonyl (C=O) groups is 2. The number of aromatic nitrogens is 2. The van der Waals surface area contributed by atoms with Gasteiger partial charge in [-0.2, -0.15) is 0 Å². The zero-order valence-corrected chi connectivity index (χ0v) is 24.5. The molecule has 3 rings (SSSR count). The van der Waals surface area contributed by atoms with Crippen LogP contribution in [0.4, 0.5) is 11.6 Å². The van der Waals surface area contributed by atoms with Crippen LogP contribution in [0, 0.1) is 0 Å². The van der Waals surface area contributed by atoms with Crippen LogP contribution in [0.15, 0.2) is 78.3 Å². The summed E-state index contributed by atoms with van der Waals surface area (Å²) in [5.74, 6) is -1.54. The number of anilines is 2. The Kier molecular flexibility index (Phi) is 11.8. The van der Waals surface area contributed by atoms with Gasteiger partial charge in [-0.15, -0.1) is 0 Å². The first kappa shape index (κ1) is 30.5. The standard InChI is InChI=1S/C27H26Cl2N4O3.Na/c1-17(2)18(3)33(27-30-15-6-16-31-27)20-13-11-19(12-14-20)7-4-10-23(26(35)36)32-25(34)24-21(28)8-5-9-22(24)29;/h4-9,11-16,23H,10H2,1-3H3,(H,32,34)(H,35,36);/q;+1/p-1/b7-4+;. The van der Waals surface area contributed by atoms with E-state index in [1.54, 1.807) is 36.7 Å². The molecule has 0 bridgehead atoms. The SMILES string of the molecule is CC(C)=C(C)N(c1ccc(/C=C/CC(NC(=O)c2c(Cl)cccc2Cl)C(=O)[O-])cc1)c1ncccn1.[Na+]. The molecular weight excluding hydrogens is 522 g/mol. The summed E-state index contributed by atoms with van der Waals surface area (Å²) in [6.07, 6.45) is 6.82. The van der Waals surface area contributed by atoms with Crippen molar-refractivity contribution in [2.75, 3.05) is 4.90 Å². The summed E-state index contributed by atoms with van der Waals surface area (Å²) in [5.41, 5.74) is 3.88. The van der Waals surface area contributed by atoms with Gasteiger partial charge in [0, 0.05) is 23.8 Å². The fraction of sp³-hybridized carbons (Fsp3) is 0.185. The van der Waals surface area contributed by atoms with Gasteiger partial charge in [-0.3, -0.25) is 9.69 Å². The van der Waals surface area contributed by atoms with Crippen molar-refractivity contribution in [1.29, 1.82) is 0 Å². The maximum absolute atomic E-state index is 12.5. The van der Waals surface area contributed by atoms with Crippen LogP contribution < -0.4 is 44.9 Å². The quantitative estimate of drug-likeness (QED) is 0.413. The van der Waals surface area contributed by atoms with E-state index in [-0.39, 0.29) is 51.6 Å². The Balaban J connectivity index is 0.00000481. The van der Waals surface area contributed by atoms with Crippen molar-refractivity contribution in [2.45, 2.75) is 33.2 Å². The van der Waals surface area contributed by atoms with Gasteiger partial charge in [0.2, 0.25) is 5.95 Å². The van der Waals surface area contributed by atoms with E-state index in [0.717, 1.165) is 22.5 Å². The maximum atomic E-state index is 12.5. The number of carboxylic acids is 1. The average Bonchev–Trinajstić information content (AvgIpc) is 2.85. The number of carbonyl (C=O) groups excluding carboxylic acids is 2. The topological polar surface area (TPSA) is 98.2 Å². The molecule has 0 radical (unpaired) electrons. The molecule has 7 nitrogen and oxygen atoms in total. The number of aliphatic carboxylic acids is 1. The summed E-state index contributed by atoms with van der Waals surface area (Å²) in [6, 6.07) is 12.8. The molecule has 0 saturated heterocycles. The van der Waals surface area contributed by atoms with Crippen molar-refractivity contribution in [3.63, 3.8) is 0 Å². The second-order valence-electron chi connectivity index (χ2n) is 8.14. The Morgan fingerprint density at radius 2 is 1.59 bits per heavy atom. The van der Waals surface area contributed by atoms with Crippen molar-refractivity contribution in [1.82, 2.24) is 15.3 Å². The van der Waals surface area contributed by atoms with Gasteiger partial charge in [-0.1, -0.05) is 59.1 Å². The average molecular weight is 547 g/mol. The third-order valence-electron chi connectivity index (χ3n) is 5.42. The number of allylic oxidation sites excluding steroid dienone is 2. The predicted octanol–water partition coefficient (Wildman–Crippen LogP) is 2.19. The summed E-state index contributed by atoms with van der Waals surface area (Å²) in [5, 5.41) is 14.3. The molecule has 1 unspecified atom stereocenters. The number of hydrogen-bond donors (Lipinski definition) is 1. The summed E-state index contributed by atoms with van der Waals surface area (Å²) in [4.78, 5) is 34.9. The van der Waals surface area contributed by atoms with E-state index < -0.39 is 17.9 Å². The first-order valence-electron chi connectivity index (χ1n) is 11.1. The van der Waals surface area contributed by atoms with Gasteiger partial charge in [0.1, 0.15) is 0 Å². The van der Waals surface area contributed by atoms with Gasteiger partial charge in [0.05, 0.1) is 27.6 Å². The van der Waals surface area contributed by atoms with Gasteiger partial charge in [-0.05, 0) is 63.1 Å². The van der Waals surface area contributed by atoms with Crippen LogP contribution in [0.3, 0.4) is 0 Å². The molecule has 0 aliphatic carbocycles. The molecule has 186 valence electrons. The van der Waals surface area contributed by atoms with Crippen molar-refractivity contribution < 1.29 is 44.3 Å². The van der Waals surface area contributed by atoms with Crippen molar-refractivity contribution in [3.8, 4) is 0 Å². The fourth-order valence-electron chi connectivity index (χ4n) is 3.32. The molecule has 1 amide bonds. The van der Waals surface area contributed by atoms with E-state index in [2.05, 4.69) is 15.3 Å². The minimum Gasteiger partial charge on any atom is -0.548 e. The van der Waals surface area contributed by atoms with Crippen LogP contribution in [0.25, 0.3) is 6.08 Å². The molecule has 1 atom stereocenters. The first-order chi connectivity index (χ1) is 17.2. The monoisotopic (exact) mass is 546 g/mol. The van der Waals surface area contributed by atoms with Crippen molar-refractivity contribution in [2.24, 2.45) is 0 Å². The van der Waals surface area contributed by atoms with E-state index in [4.69, 9.17) is 23.2 Å². The van der Waals surface area contributed by atoms with Gasteiger partial charge in [0.15, 0.2) is 0 Å². The summed E-state index contributed by atoms with van der Waals surface area (Å²) in [7, 11) is 0. The number of hydrogen-bond acceptors (Lipinski definition) is 6. The number of nitrogens with one attached hydrogen (secondary N) is 1. The predicted molar refractivity (Wildman–Crippen MR) is 141 cm³/mol. The zero-order chi connectivity index (χ0) is 26.2. The number of nitrogens with zero attached hydrogens (tertiary/aromatic N) is 3. The van der Waals surface area contributed by atoms with Gasteiger partial charge < -0.3 is 15.2 Å². The minimum atomic E-state index is -1.41. The molecule has 2 aromatic carbocycles. The Morgan fingerprint density at radius 1 is 1.00 bits per heavy atom. The van der Waals surface area contributed by atoms with Crippen LogP contribution >= 0.6 is 23.2 Å². The number of carboxylic acid groups (broad SMARTS) is 1. The molecule has 1 heterocycles. The molecule has 37 heavy (non-hydrogen) atoms. The van der Waals surface area contributed by atoms with Crippen LogP contribution in [-0.4, -0.2) is 27.9 Å². The molecule has 0 aliphatic rings. The van der Waals surface area contributed by atoms with E-state index in [1.165, 1.54) is 12.1 Å². The Morgan fingerprint density at radius 3 is 2.14 bits per heavy atom. The largest absolute Gasteiger partial charge is 1.00 e. The van der Waals surface area contributed by atoms with Gasteiger partial charge in [-0.25, -0.2) is 9.97 Å². The molecule has 1 N–H and O–H groups in total. The molecule has 3 aromatic rings. The Labute approximate surface area is 248 Å². The second-order valence-corrected chi connectivity index (χ2v) is 8.96. The minimum absolute atomic E-state index is 0. The molecule has 10 heteroatoms. The summed E-state index contributed by atoms with van der Waals surface area (Å²) < 4.78 is 0. The van der Waals surface area contributed by atoms with E-state index in [1.807, 2.05) is 49.9 Å². The first-order valence-corrected chi connectivity index (χ1v) is 11.9. The number of halogens is 2. The number of rotatable bonds is 9. The Hall–Kier alpha value is -2.68. The smallest absolute Gasteiger partial charge is 0.548 e. The van der Waals surface area contributed by atoms with Crippen LogP contribution in [0.2, 0.25) is 10.0 Å². The van der Waals surface area contributed by atoms with Crippen molar-refractivity contribution >= 4 is 52.8 Å². The summed E-state index contributed by atoms with van der Waals surface area (Å²) >= 11 is 12.1. The maximum Gasteiger partial charge on any atom is 1.00 e. The Bertz CT molecular complexity index is 1270. The number of benzene rings is 2. The molecule has 1 aromatic heterocycles. The molecule has 0 saturated carbocycles. The molecule has 0 spiro atoms. The zero-order valence-electron chi connectivity index (χ0n) is 21.0. The summed E-state index contributed by atoms with van der Waals surface area (Å²) in [6.45, 7) is 6.05. The van der Waals surface area contributed by atoms with Crippen LogP contribution in [0.1, 0.15) is 43.1 Å². The van der Waals surface area contributed by atoms with Crippen LogP contribution in [-0.2, 0) is 4.79 Å².